The fraction of sp³-hybridized carbons (Fsp3) is 0.167. The average molecular weight is 248 g/mol. The predicted octanol–water partition coefficient (Wildman–Crippen LogP) is 2.72. The summed E-state index contributed by atoms with van der Waals surface area (Å²) in [7, 11) is 0. The largest absolute Gasteiger partial charge is 0.508 e. The zero-order chi connectivity index (χ0) is 12.4. The molecular weight excluding hydrogens is 236 g/mol. The lowest BCUT2D eigenvalue weighted by Crippen LogP contribution is -2.11. The molecule has 0 aliphatic carbocycles. The molecule has 1 amide bonds. The quantitative estimate of drug-likeness (QED) is 0.859. The van der Waals surface area contributed by atoms with Gasteiger partial charge in [0.05, 0.1) is 5.69 Å². The molecule has 0 saturated carbocycles. The Hall–Kier alpha value is -1.88. The molecule has 0 unspecified atom stereocenters. The molecule has 0 spiro atoms. The van der Waals surface area contributed by atoms with Crippen LogP contribution in [0.15, 0.2) is 23.6 Å². The molecule has 4 nitrogen and oxygen atoms in total. The number of aromatic hydroxyl groups is 1. The van der Waals surface area contributed by atoms with Crippen LogP contribution in [0.1, 0.15) is 21.6 Å². The number of aromatic nitrogens is 1. The molecule has 2 N–H and O–H groups in total. The van der Waals surface area contributed by atoms with Gasteiger partial charge >= 0.3 is 0 Å². The van der Waals surface area contributed by atoms with Crippen molar-refractivity contribution in [1.82, 2.24) is 4.98 Å². The highest BCUT2D eigenvalue weighted by Gasteiger charge is 2.09. The summed E-state index contributed by atoms with van der Waals surface area (Å²) in [6.45, 7) is 3.64. The van der Waals surface area contributed by atoms with Crippen LogP contribution in [0.5, 0.6) is 5.75 Å². The summed E-state index contributed by atoms with van der Waals surface area (Å²) in [5.41, 5.74) is 2.03. The first-order valence-electron chi connectivity index (χ1n) is 5.09. The van der Waals surface area contributed by atoms with Gasteiger partial charge in [0.2, 0.25) is 0 Å². The molecule has 1 aromatic carbocycles. The molecule has 17 heavy (non-hydrogen) atoms. The Balaban J connectivity index is 2.17. The topological polar surface area (TPSA) is 62.2 Å². The zero-order valence-corrected chi connectivity index (χ0v) is 10.3. The number of amides is 1. The summed E-state index contributed by atoms with van der Waals surface area (Å²) in [6, 6.07) is 4.83. The number of nitrogens with zero attached hydrogens (tertiary/aromatic N) is 1. The Labute approximate surface area is 103 Å². The van der Waals surface area contributed by atoms with E-state index in [1.165, 1.54) is 17.4 Å². The van der Waals surface area contributed by atoms with Crippen LogP contribution in [-0.4, -0.2) is 16.0 Å². The van der Waals surface area contributed by atoms with E-state index >= 15 is 0 Å². The molecule has 0 atom stereocenters. The van der Waals surface area contributed by atoms with Crippen LogP contribution in [-0.2, 0) is 0 Å². The van der Waals surface area contributed by atoms with E-state index in [1.54, 1.807) is 19.1 Å². The van der Waals surface area contributed by atoms with Crippen molar-refractivity contribution in [2.75, 3.05) is 5.32 Å². The van der Waals surface area contributed by atoms with Gasteiger partial charge in [-0.05, 0) is 31.5 Å². The summed E-state index contributed by atoms with van der Waals surface area (Å²) < 4.78 is 0. The van der Waals surface area contributed by atoms with Crippen LogP contribution in [0.4, 0.5) is 5.13 Å². The van der Waals surface area contributed by atoms with Gasteiger partial charge in [-0.2, -0.15) is 0 Å². The fourth-order valence-corrected chi connectivity index (χ4v) is 2.01. The van der Waals surface area contributed by atoms with E-state index in [0.29, 0.717) is 10.7 Å². The lowest BCUT2D eigenvalue weighted by atomic mass is 10.1. The van der Waals surface area contributed by atoms with Crippen LogP contribution < -0.4 is 5.32 Å². The van der Waals surface area contributed by atoms with Gasteiger partial charge in [0.1, 0.15) is 5.75 Å². The number of hydrogen-bond donors (Lipinski definition) is 2. The van der Waals surface area contributed by atoms with E-state index in [9.17, 15) is 9.90 Å². The van der Waals surface area contributed by atoms with Crippen molar-refractivity contribution >= 4 is 22.4 Å². The number of rotatable bonds is 2. The Morgan fingerprint density at radius 3 is 2.76 bits per heavy atom. The maximum absolute atomic E-state index is 11.8. The van der Waals surface area contributed by atoms with Gasteiger partial charge in [-0.1, -0.05) is 6.07 Å². The van der Waals surface area contributed by atoms with E-state index < -0.39 is 0 Å². The Morgan fingerprint density at radius 1 is 1.41 bits per heavy atom. The first kappa shape index (κ1) is 11.6. The molecule has 0 aliphatic heterocycles. The number of thiazole rings is 1. The standard InChI is InChI=1S/C12H12N2O2S/c1-7-3-4-9(5-10(7)15)11(16)14-12-13-8(2)6-17-12/h3-6,15H,1-2H3,(H,13,14,16). The first-order chi connectivity index (χ1) is 8.06. The number of hydrogen-bond acceptors (Lipinski definition) is 4. The normalized spacial score (nSPS) is 10.2. The molecule has 0 saturated heterocycles. The van der Waals surface area contributed by atoms with Crippen LogP contribution in [0.3, 0.4) is 0 Å². The van der Waals surface area contributed by atoms with Crippen LogP contribution in [0.2, 0.25) is 0 Å². The molecule has 0 aliphatic rings. The average Bonchev–Trinajstić information content (AvgIpc) is 2.68. The molecule has 0 radical (unpaired) electrons. The molecule has 0 fully saturated rings. The highest BCUT2D eigenvalue weighted by Crippen LogP contribution is 2.19. The molecule has 2 rings (SSSR count). The lowest BCUT2D eigenvalue weighted by Gasteiger charge is -2.03. The smallest absolute Gasteiger partial charge is 0.257 e. The monoisotopic (exact) mass is 248 g/mol. The lowest BCUT2D eigenvalue weighted by molar-refractivity contribution is 0.102. The van der Waals surface area contributed by atoms with Gasteiger partial charge in [-0.3, -0.25) is 10.1 Å². The van der Waals surface area contributed by atoms with E-state index in [2.05, 4.69) is 10.3 Å². The van der Waals surface area contributed by atoms with E-state index in [4.69, 9.17) is 0 Å². The van der Waals surface area contributed by atoms with Crippen molar-refractivity contribution < 1.29 is 9.90 Å². The second-order valence-electron chi connectivity index (χ2n) is 3.75. The molecular formula is C12H12N2O2S. The van der Waals surface area contributed by atoms with Crippen LogP contribution >= 0.6 is 11.3 Å². The Morgan fingerprint density at radius 2 is 2.18 bits per heavy atom. The number of anilines is 1. The predicted molar refractivity (Wildman–Crippen MR) is 67.6 cm³/mol. The van der Waals surface area contributed by atoms with Crippen LogP contribution in [0.25, 0.3) is 0 Å². The Kier molecular flexibility index (Phi) is 3.10. The first-order valence-corrected chi connectivity index (χ1v) is 5.97. The molecule has 2 aromatic rings. The molecule has 0 bridgehead atoms. The third kappa shape index (κ3) is 2.62. The number of phenolic OH excluding ortho intramolecular Hbond substituents is 1. The summed E-state index contributed by atoms with van der Waals surface area (Å²) in [6.07, 6.45) is 0. The van der Waals surface area contributed by atoms with Crippen molar-refractivity contribution in [3.8, 4) is 5.75 Å². The van der Waals surface area contributed by atoms with Gasteiger partial charge in [-0.25, -0.2) is 4.98 Å². The van der Waals surface area contributed by atoms with E-state index in [0.717, 1.165) is 11.3 Å². The minimum atomic E-state index is -0.269. The van der Waals surface area contributed by atoms with Gasteiger partial charge in [0.15, 0.2) is 5.13 Å². The number of nitrogens with one attached hydrogen (secondary N) is 1. The highest BCUT2D eigenvalue weighted by atomic mass is 32.1. The van der Waals surface area contributed by atoms with E-state index in [1.807, 2.05) is 12.3 Å². The van der Waals surface area contributed by atoms with Gasteiger partial charge in [0, 0.05) is 10.9 Å². The fourth-order valence-electron chi connectivity index (χ4n) is 1.33. The highest BCUT2D eigenvalue weighted by molar-refractivity contribution is 7.13. The van der Waals surface area contributed by atoms with Crippen molar-refractivity contribution in [2.24, 2.45) is 0 Å². The molecule has 88 valence electrons. The summed E-state index contributed by atoms with van der Waals surface area (Å²) in [5.74, 6) is -0.150. The maximum atomic E-state index is 11.8. The Bertz CT molecular complexity index is 563. The second-order valence-corrected chi connectivity index (χ2v) is 4.61. The molecule has 1 aromatic heterocycles. The number of carbonyl (C=O) groups is 1. The van der Waals surface area contributed by atoms with Crippen molar-refractivity contribution in [3.05, 3.63) is 40.4 Å². The van der Waals surface area contributed by atoms with Crippen molar-refractivity contribution in [2.45, 2.75) is 13.8 Å². The third-order valence-corrected chi connectivity index (χ3v) is 3.19. The minimum absolute atomic E-state index is 0.118. The van der Waals surface area contributed by atoms with Gasteiger partial charge in [0.25, 0.3) is 5.91 Å². The van der Waals surface area contributed by atoms with Crippen molar-refractivity contribution in [3.63, 3.8) is 0 Å². The minimum Gasteiger partial charge on any atom is -0.508 e. The summed E-state index contributed by atoms with van der Waals surface area (Å²) in [5, 5.41) is 14.6. The van der Waals surface area contributed by atoms with Gasteiger partial charge < -0.3 is 5.11 Å². The van der Waals surface area contributed by atoms with Crippen LogP contribution in [0, 0.1) is 13.8 Å². The number of carbonyl (C=O) groups excluding carboxylic acids is 1. The molecule has 5 heteroatoms. The zero-order valence-electron chi connectivity index (χ0n) is 9.52. The SMILES string of the molecule is Cc1csc(NC(=O)c2ccc(C)c(O)c2)n1. The van der Waals surface area contributed by atoms with Crippen molar-refractivity contribution in [1.29, 1.82) is 0 Å². The van der Waals surface area contributed by atoms with Gasteiger partial charge in [-0.15, -0.1) is 11.3 Å². The second kappa shape index (κ2) is 4.55. The number of phenols is 1. The van der Waals surface area contributed by atoms with E-state index in [-0.39, 0.29) is 11.7 Å². The summed E-state index contributed by atoms with van der Waals surface area (Å²) in [4.78, 5) is 16.0. The number of aryl methyl sites for hydroxylation is 2. The third-order valence-electron chi connectivity index (χ3n) is 2.31. The summed E-state index contributed by atoms with van der Waals surface area (Å²) >= 11 is 1.37. The number of benzene rings is 1. The maximum Gasteiger partial charge on any atom is 0.257 e. The molecule has 1 heterocycles.